The first-order chi connectivity index (χ1) is 11.6. The number of piperidine rings is 1. The van der Waals surface area contributed by atoms with Gasteiger partial charge < -0.3 is 11.1 Å². The monoisotopic (exact) mass is 343 g/mol. The highest BCUT2D eigenvalue weighted by atomic mass is 32.1. The highest BCUT2D eigenvalue weighted by molar-refractivity contribution is 7.10. The maximum atomic E-state index is 12.2. The SMILES string of the molecule is NC(=O)c1ccc(NC(=O)CN2CCC(c3cccs3)CC2)cc1. The predicted molar refractivity (Wildman–Crippen MR) is 96.3 cm³/mol. The number of likely N-dealkylation sites (tertiary alicyclic amines) is 1. The Balaban J connectivity index is 1.46. The molecule has 0 unspecified atom stereocenters. The Kier molecular flexibility index (Phi) is 5.27. The molecule has 126 valence electrons. The van der Waals surface area contributed by atoms with E-state index in [0.29, 0.717) is 23.7 Å². The van der Waals surface area contributed by atoms with E-state index in [1.807, 2.05) is 11.3 Å². The van der Waals surface area contributed by atoms with Crippen LogP contribution in [0.4, 0.5) is 5.69 Å². The number of amides is 2. The molecule has 24 heavy (non-hydrogen) atoms. The first-order valence-corrected chi connectivity index (χ1v) is 8.95. The third-order valence-electron chi connectivity index (χ3n) is 4.35. The zero-order chi connectivity index (χ0) is 16.9. The van der Waals surface area contributed by atoms with E-state index in [4.69, 9.17) is 5.73 Å². The number of rotatable bonds is 5. The van der Waals surface area contributed by atoms with Gasteiger partial charge in [0.15, 0.2) is 0 Å². The number of primary amides is 1. The molecule has 1 aromatic carbocycles. The van der Waals surface area contributed by atoms with Gasteiger partial charge in [-0.2, -0.15) is 0 Å². The molecule has 1 aliphatic rings. The Bertz CT molecular complexity index is 690. The van der Waals surface area contributed by atoms with Crippen molar-refractivity contribution in [1.82, 2.24) is 4.90 Å². The lowest BCUT2D eigenvalue weighted by Crippen LogP contribution is -2.38. The van der Waals surface area contributed by atoms with Gasteiger partial charge in [0.25, 0.3) is 0 Å². The van der Waals surface area contributed by atoms with Gasteiger partial charge in [-0.05, 0) is 67.6 Å². The third kappa shape index (κ3) is 4.21. The van der Waals surface area contributed by atoms with E-state index in [9.17, 15) is 9.59 Å². The normalized spacial score (nSPS) is 16.0. The van der Waals surface area contributed by atoms with Crippen LogP contribution in [0.3, 0.4) is 0 Å². The lowest BCUT2D eigenvalue weighted by molar-refractivity contribution is -0.117. The fraction of sp³-hybridized carbons (Fsp3) is 0.333. The second-order valence-corrected chi connectivity index (χ2v) is 7.03. The molecule has 0 radical (unpaired) electrons. The predicted octanol–water partition coefficient (Wildman–Crippen LogP) is 2.67. The molecule has 1 saturated heterocycles. The number of thiophene rings is 1. The molecule has 6 heteroatoms. The number of carbonyl (C=O) groups is 2. The van der Waals surface area contributed by atoms with Crippen molar-refractivity contribution >= 4 is 28.8 Å². The van der Waals surface area contributed by atoms with Crippen molar-refractivity contribution in [3.8, 4) is 0 Å². The molecule has 0 bridgehead atoms. The zero-order valence-electron chi connectivity index (χ0n) is 13.4. The zero-order valence-corrected chi connectivity index (χ0v) is 14.2. The van der Waals surface area contributed by atoms with Crippen LogP contribution in [-0.2, 0) is 4.79 Å². The highest BCUT2D eigenvalue weighted by Crippen LogP contribution is 2.30. The maximum Gasteiger partial charge on any atom is 0.248 e. The van der Waals surface area contributed by atoms with E-state index in [0.717, 1.165) is 25.9 Å². The molecule has 2 aromatic rings. The summed E-state index contributed by atoms with van der Waals surface area (Å²) < 4.78 is 0. The van der Waals surface area contributed by atoms with E-state index in [1.54, 1.807) is 24.3 Å². The van der Waals surface area contributed by atoms with Crippen LogP contribution < -0.4 is 11.1 Å². The highest BCUT2D eigenvalue weighted by Gasteiger charge is 2.22. The van der Waals surface area contributed by atoms with Crippen LogP contribution in [0.15, 0.2) is 41.8 Å². The average molecular weight is 343 g/mol. The summed E-state index contributed by atoms with van der Waals surface area (Å²) in [5.41, 5.74) is 6.32. The molecule has 3 N–H and O–H groups in total. The Labute approximate surface area is 145 Å². The minimum absolute atomic E-state index is 0.0311. The van der Waals surface area contributed by atoms with E-state index >= 15 is 0 Å². The summed E-state index contributed by atoms with van der Waals surface area (Å²) in [7, 11) is 0. The van der Waals surface area contributed by atoms with Crippen LogP contribution in [-0.4, -0.2) is 36.3 Å². The summed E-state index contributed by atoms with van der Waals surface area (Å²) in [6.45, 7) is 2.28. The Hall–Kier alpha value is -2.18. The fourth-order valence-corrected chi connectivity index (χ4v) is 3.92. The minimum atomic E-state index is -0.471. The number of hydrogen-bond acceptors (Lipinski definition) is 4. The van der Waals surface area contributed by atoms with Gasteiger partial charge in [0.05, 0.1) is 6.54 Å². The molecule has 3 rings (SSSR count). The van der Waals surface area contributed by atoms with Gasteiger partial charge in [-0.15, -0.1) is 11.3 Å². The van der Waals surface area contributed by atoms with Gasteiger partial charge in [0.2, 0.25) is 11.8 Å². The van der Waals surface area contributed by atoms with Crippen LogP contribution in [0.5, 0.6) is 0 Å². The average Bonchev–Trinajstić information content (AvgIpc) is 3.10. The Morgan fingerprint density at radius 2 is 1.88 bits per heavy atom. The molecular weight excluding hydrogens is 322 g/mol. The van der Waals surface area contributed by atoms with E-state index < -0.39 is 5.91 Å². The van der Waals surface area contributed by atoms with E-state index in [1.165, 1.54) is 4.88 Å². The Morgan fingerprint density at radius 3 is 2.46 bits per heavy atom. The topological polar surface area (TPSA) is 75.4 Å². The molecule has 0 aliphatic carbocycles. The third-order valence-corrected chi connectivity index (χ3v) is 5.39. The number of anilines is 1. The second-order valence-electron chi connectivity index (χ2n) is 6.06. The van der Waals surface area contributed by atoms with Crippen LogP contribution in [0.1, 0.15) is 34.0 Å². The second kappa shape index (κ2) is 7.59. The lowest BCUT2D eigenvalue weighted by Gasteiger charge is -2.30. The number of nitrogens with two attached hydrogens (primary N) is 1. The molecule has 0 saturated carbocycles. The fourth-order valence-electron chi connectivity index (χ4n) is 3.02. The van der Waals surface area contributed by atoms with Crippen LogP contribution >= 0.6 is 11.3 Å². The number of carbonyl (C=O) groups excluding carboxylic acids is 2. The molecule has 1 aliphatic heterocycles. The molecule has 2 amide bonds. The van der Waals surface area contributed by atoms with Gasteiger partial charge >= 0.3 is 0 Å². The van der Waals surface area contributed by atoms with Gasteiger partial charge in [-0.25, -0.2) is 0 Å². The summed E-state index contributed by atoms with van der Waals surface area (Å²) in [5.74, 6) is 0.128. The molecule has 2 heterocycles. The van der Waals surface area contributed by atoms with Crippen LogP contribution in [0, 0.1) is 0 Å². The van der Waals surface area contributed by atoms with Crippen molar-refractivity contribution in [1.29, 1.82) is 0 Å². The van der Waals surface area contributed by atoms with Crippen molar-refractivity contribution in [3.05, 3.63) is 52.2 Å². The van der Waals surface area contributed by atoms with Crippen LogP contribution in [0.2, 0.25) is 0 Å². The molecule has 1 aromatic heterocycles. The first-order valence-electron chi connectivity index (χ1n) is 8.07. The van der Waals surface area contributed by atoms with Crippen molar-refractivity contribution < 1.29 is 9.59 Å². The Morgan fingerprint density at radius 1 is 1.17 bits per heavy atom. The quantitative estimate of drug-likeness (QED) is 0.876. The van der Waals surface area contributed by atoms with Crippen molar-refractivity contribution in [2.75, 3.05) is 25.0 Å². The van der Waals surface area contributed by atoms with Gasteiger partial charge in [-0.3, -0.25) is 14.5 Å². The van der Waals surface area contributed by atoms with E-state index in [-0.39, 0.29) is 5.91 Å². The smallest absolute Gasteiger partial charge is 0.248 e. The molecule has 0 atom stereocenters. The largest absolute Gasteiger partial charge is 0.366 e. The number of nitrogens with one attached hydrogen (secondary N) is 1. The molecule has 1 fully saturated rings. The summed E-state index contributed by atoms with van der Waals surface area (Å²) in [6, 6.07) is 10.9. The molecule has 5 nitrogen and oxygen atoms in total. The molecular formula is C18H21N3O2S. The number of nitrogens with zero attached hydrogens (tertiary/aromatic N) is 1. The van der Waals surface area contributed by atoms with E-state index in [2.05, 4.69) is 27.7 Å². The molecule has 0 spiro atoms. The summed E-state index contributed by atoms with van der Waals surface area (Å²) in [5, 5.41) is 4.99. The summed E-state index contributed by atoms with van der Waals surface area (Å²) in [4.78, 5) is 26.8. The van der Waals surface area contributed by atoms with Crippen molar-refractivity contribution in [2.24, 2.45) is 5.73 Å². The minimum Gasteiger partial charge on any atom is -0.366 e. The standard InChI is InChI=1S/C18H21N3O2S/c19-18(23)14-3-5-15(6-4-14)20-17(22)12-21-9-7-13(8-10-21)16-2-1-11-24-16/h1-6,11,13H,7-10,12H2,(H2,19,23)(H,20,22). The van der Waals surface area contributed by atoms with Crippen LogP contribution in [0.25, 0.3) is 0 Å². The lowest BCUT2D eigenvalue weighted by atomic mass is 9.95. The van der Waals surface area contributed by atoms with Gasteiger partial charge in [-0.1, -0.05) is 6.07 Å². The first kappa shape index (κ1) is 16.7. The number of benzene rings is 1. The maximum absolute atomic E-state index is 12.2. The van der Waals surface area contributed by atoms with Gasteiger partial charge in [0.1, 0.15) is 0 Å². The van der Waals surface area contributed by atoms with Crippen molar-refractivity contribution in [2.45, 2.75) is 18.8 Å². The van der Waals surface area contributed by atoms with Crippen molar-refractivity contribution in [3.63, 3.8) is 0 Å². The van der Waals surface area contributed by atoms with Gasteiger partial charge in [0, 0.05) is 16.1 Å². The number of hydrogen-bond donors (Lipinski definition) is 2. The summed E-state index contributed by atoms with van der Waals surface area (Å²) >= 11 is 1.82. The summed E-state index contributed by atoms with van der Waals surface area (Å²) in [6.07, 6.45) is 2.20.